The second kappa shape index (κ2) is 13.8. The molecule has 0 aliphatic rings. The van der Waals surface area contributed by atoms with Gasteiger partial charge in [-0.3, -0.25) is 0 Å². The summed E-state index contributed by atoms with van der Waals surface area (Å²) in [6.45, 7) is 0. The first-order valence-corrected chi connectivity index (χ1v) is 20.5. The van der Waals surface area contributed by atoms with Crippen molar-refractivity contribution >= 4 is 54.4 Å². The van der Waals surface area contributed by atoms with E-state index in [0.29, 0.717) is 0 Å². The molecule has 280 valence electrons. The summed E-state index contributed by atoms with van der Waals surface area (Å²) in [4.78, 5) is 5.18. The van der Waals surface area contributed by atoms with Gasteiger partial charge in [0.1, 0.15) is 0 Å². The minimum atomic E-state index is 0.947. The van der Waals surface area contributed by atoms with E-state index in [1.54, 1.807) is 0 Å². The van der Waals surface area contributed by atoms with Crippen molar-refractivity contribution in [1.29, 1.82) is 0 Å². The topological polar surface area (TPSA) is 22.8 Å². The standard InChI is InChI=1S/C57H37N3/c1-3-16-39(17-4-1)52-36-45(37-53(58-52)40-18-5-2-6-19-40)60-55-28-12-10-25-49(55)51-35-42(30-32-57(51)60)41-29-31-56-50(34-41)48-24-9-11-27-54(48)59(56)44-22-13-21-43(33-44)47-26-14-20-38-15-7-8-23-46(38)47/h1-37H. The number of aromatic nitrogens is 3. The van der Waals surface area contributed by atoms with Crippen LogP contribution in [0.25, 0.3) is 111 Å². The van der Waals surface area contributed by atoms with Crippen molar-refractivity contribution in [3.05, 3.63) is 224 Å². The number of pyridine rings is 1. The lowest BCUT2D eigenvalue weighted by atomic mass is 9.98. The van der Waals surface area contributed by atoms with Gasteiger partial charge < -0.3 is 9.13 Å². The Bertz CT molecular complexity index is 3530. The van der Waals surface area contributed by atoms with E-state index >= 15 is 0 Å². The third-order valence-corrected chi connectivity index (χ3v) is 12.1. The lowest BCUT2D eigenvalue weighted by Crippen LogP contribution is -1.98. The number of hydrogen-bond donors (Lipinski definition) is 0. The monoisotopic (exact) mass is 763 g/mol. The highest BCUT2D eigenvalue weighted by Crippen LogP contribution is 2.40. The van der Waals surface area contributed by atoms with Crippen LogP contribution < -0.4 is 0 Å². The fraction of sp³-hybridized carbons (Fsp3) is 0. The maximum atomic E-state index is 5.18. The molecule has 3 aromatic heterocycles. The first-order chi connectivity index (χ1) is 29.7. The summed E-state index contributed by atoms with van der Waals surface area (Å²) >= 11 is 0. The number of rotatable bonds is 6. The highest BCUT2D eigenvalue weighted by Gasteiger charge is 2.18. The number of para-hydroxylation sites is 2. The molecular weight excluding hydrogens is 727 g/mol. The molecule has 0 aliphatic heterocycles. The largest absolute Gasteiger partial charge is 0.309 e. The molecule has 9 aromatic carbocycles. The lowest BCUT2D eigenvalue weighted by molar-refractivity contribution is 1.16. The highest BCUT2D eigenvalue weighted by atomic mass is 15.0. The first kappa shape index (κ1) is 34.1. The van der Waals surface area contributed by atoms with Crippen LogP contribution in [0.1, 0.15) is 0 Å². The average Bonchev–Trinajstić information content (AvgIpc) is 3.84. The molecule has 0 spiro atoms. The molecule has 12 rings (SSSR count). The van der Waals surface area contributed by atoms with Crippen LogP contribution in [0, 0.1) is 0 Å². The van der Waals surface area contributed by atoms with Crippen molar-refractivity contribution < 1.29 is 0 Å². The van der Waals surface area contributed by atoms with E-state index in [2.05, 4.69) is 234 Å². The van der Waals surface area contributed by atoms with E-state index < -0.39 is 0 Å². The average molecular weight is 764 g/mol. The van der Waals surface area contributed by atoms with E-state index in [-0.39, 0.29) is 0 Å². The van der Waals surface area contributed by atoms with Crippen molar-refractivity contribution in [1.82, 2.24) is 14.1 Å². The summed E-state index contributed by atoms with van der Waals surface area (Å²) < 4.78 is 4.82. The molecule has 0 saturated carbocycles. The summed E-state index contributed by atoms with van der Waals surface area (Å²) in [5, 5.41) is 7.43. The maximum Gasteiger partial charge on any atom is 0.0730 e. The van der Waals surface area contributed by atoms with Gasteiger partial charge in [0, 0.05) is 38.4 Å². The van der Waals surface area contributed by atoms with Gasteiger partial charge in [0.15, 0.2) is 0 Å². The van der Waals surface area contributed by atoms with Crippen LogP contribution in [-0.4, -0.2) is 14.1 Å². The van der Waals surface area contributed by atoms with Crippen LogP contribution in [-0.2, 0) is 0 Å². The first-order valence-electron chi connectivity index (χ1n) is 20.5. The van der Waals surface area contributed by atoms with E-state index in [1.165, 1.54) is 65.6 Å². The minimum absolute atomic E-state index is 0.947. The van der Waals surface area contributed by atoms with Crippen LogP contribution in [0.4, 0.5) is 0 Å². The molecule has 12 aromatic rings. The normalized spacial score (nSPS) is 11.7. The quantitative estimate of drug-likeness (QED) is 0.165. The Kier molecular flexibility index (Phi) is 7.85. The van der Waals surface area contributed by atoms with Crippen LogP contribution in [0.2, 0.25) is 0 Å². The molecule has 60 heavy (non-hydrogen) atoms. The van der Waals surface area contributed by atoms with Gasteiger partial charge in [-0.15, -0.1) is 0 Å². The van der Waals surface area contributed by atoms with E-state index in [0.717, 1.165) is 44.9 Å². The predicted molar refractivity (Wildman–Crippen MR) is 252 cm³/mol. The third kappa shape index (κ3) is 5.55. The van der Waals surface area contributed by atoms with E-state index in [1.807, 2.05) is 0 Å². The summed E-state index contributed by atoms with van der Waals surface area (Å²) in [5.41, 5.74) is 15.8. The lowest BCUT2D eigenvalue weighted by Gasteiger charge is -2.13. The second-order valence-corrected chi connectivity index (χ2v) is 15.6. The molecule has 0 amide bonds. The van der Waals surface area contributed by atoms with Crippen LogP contribution in [0.3, 0.4) is 0 Å². The van der Waals surface area contributed by atoms with Gasteiger partial charge >= 0.3 is 0 Å². The van der Waals surface area contributed by atoms with Crippen molar-refractivity contribution in [2.24, 2.45) is 0 Å². The van der Waals surface area contributed by atoms with Gasteiger partial charge in [-0.1, -0.05) is 164 Å². The Morgan fingerprint density at radius 3 is 1.35 bits per heavy atom. The minimum Gasteiger partial charge on any atom is -0.309 e. The summed E-state index contributed by atoms with van der Waals surface area (Å²) in [7, 11) is 0. The zero-order valence-corrected chi connectivity index (χ0v) is 32.7. The summed E-state index contributed by atoms with van der Waals surface area (Å²) in [6, 6.07) is 81.1. The summed E-state index contributed by atoms with van der Waals surface area (Å²) in [6.07, 6.45) is 0. The molecule has 0 radical (unpaired) electrons. The fourth-order valence-electron chi connectivity index (χ4n) is 9.31. The molecule has 0 N–H and O–H groups in total. The van der Waals surface area contributed by atoms with Gasteiger partial charge in [-0.05, 0) is 93.7 Å². The Morgan fingerprint density at radius 2 is 0.733 bits per heavy atom. The van der Waals surface area contributed by atoms with Gasteiger partial charge in [0.25, 0.3) is 0 Å². The van der Waals surface area contributed by atoms with Crippen LogP contribution in [0.5, 0.6) is 0 Å². The number of fused-ring (bicyclic) bond motifs is 7. The molecule has 0 atom stereocenters. The van der Waals surface area contributed by atoms with Gasteiger partial charge in [-0.2, -0.15) is 0 Å². The molecule has 0 unspecified atom stereocenters. The number of nitrogens with zero attached hydrogens (tertiary/aromatic N) is 3. The molecule has 3 heteroatoms. The zero-order chi connectivity index (χ0) is 39.6. The van der Waals surface area contributed by atoms with Crippen LogP contribution >= 0.6 is 0 Å². The van der Waals surface area contributed by atoms with Gasteiger partial charge in [-0.25, -0.2) is 4.98 Å². The molecule has 3 heterocycles. The van der Waals surface area contributed by atoms with Crippen molar-refractivity contribution in [2.75, 3.05) is 0 Å². The Labute approximate surface area is 347 Å². The molecule has 0 bridgehead atoms. The van der Waals surface area contributed by atoms with Gasteiger partial charge in [0.05, 0.1) is 39.1 Å². The molecule has 0 aliphatic carbocycles. The second-order valence-electron chi connectivity index (χ2n) is 15.6. The molecule has 0 saturated heterocycles. The smallest absolute Gasteiger partial charge is 0.0730 e. The molecular formula is C57H37N3. The molecule has 0 fully saturated rings. The fourth-order valence-corrected chi connectivity index (χ4v) is 9.31. The molecule has 3 nitrogen and oxygen atoms in total. The zero-order valence-electron chi connectivity index (χ0n) is 32.7. The van der Waals surface area contributed by atoms with E-state index in [9.17, 15) is 0 Å². The van der Waals surface area contributed by atoms with E-state index in [4.69, 9.17) is 4.98 Å². The Morgan fingerprint density at radius 1 is 0.267 bits per heavy atom. The van der Waals surface area contributed by atoms with Crippen LogP contribution in [0.15, 0.2) is 224 Å². The SMILES string of the molecule is c1ccc(-c2cc(-n3c4ccccc4c4cc(-c5ccc6c(c5)c5ccccc5n6-c5cccc(-c6cccc7ccccc67)c5)ccc43)cc(-c3ccccc3)n2)cc1. The highest BCUT2D eigenvalue weighted by molar-refractivity contribution is 6.13. The van der Waals surface area contributed by atoms with Crippen molar-refractivity contribution in [2.45, 2.75) is 0 Å². The van der Waals surface area contributed by atoms with Crippen molar-refractivity contribution in [3.63, 3.8) is 0 Å². The third-order valence-electron chi connectivity index (χ3n) is 12.1. The number of benzene rings is 9. The predicted octanol–water partition coefficient (Wildman–Crippen LogP) is 15.1. The van der Waals surface area contributed by atoms with Gasteiger partial charge in [0.2, 0.25) is 0 Å². The Balaban J connectivity index is 1.01. The van der Waals surface area contributed by atoms with Crippen molar-refractivity contribution in [3.8, 4) is 56.1 Å². The summed E-state index contributed by atoms with van der Waals surface area (Å²) in [5.74, 6) is 0. The maximum absolute atomic E-state index is 5.18. The Hall–Kier alpha value is -8.01. The number of hydrogen-bond acceptors (Lipinski definition) is 1.